The summed E-state index contributed by atoms with van der Waals surface area (Å²) < 4.78 is 0. The summed E-state index contributed by atoms with van der Waals surface area (Å²) in [5.41, 5.74) is 6.78. The number of rotatable bonds is 8. The van der Waals surface area contributed by atoms with Gasteiger partial charge in [0.15, 0.2) is 0 Å². The first-order valence-corrected chi connectivity index (χ1v) is 7.39. The van der Waals surface area contributed by atoms with Crippen LogP contribution in [0, 0.1) is 5.92 Å². The van der Waals surface area contributed by atoms with Crippen LogP contribution in [0.5, 0.6) is 0 Å². The molecule has 1 rings (SSSR count). The van der Waals surface area contributed by atoms with E-state index in [4.69, 9.17) is 22.4 Å². The van der Waals surface area contributed by atoms with Crippen LogP contribution in [-0.2, 0) is 11.2 Å². The highest BCUT2D eigenvalue weighted by atomic mass is 35.5. The van der Waals surface area contributed by atoms with E-state index in [1.54, 1.807) is 11.8 Å². The first-order valence-electron chi connectivity index (χ1n) is 5.86. The van der Waals surface area contributed by atoms with Crippen molar-refractivity contribution in [2.75, 3.05) is 18.1 Å². The quantitative estimate of drug-likeness (QED) is 0.722. The van der Waals surface area contributed by atoms with Crippen molar-refractivity contribution in [2.45, 2.75) is 12.8 Å². The van der Waals surface area contributed by atoms with Crippen molar-refractivity contribution in [1.82, 2.24) is 0 Å². The van der Waals surface area contributed by atoms with Gasteiger partial charge in [0.25, 0.3) is 0 Å². The molecule has 0 aromatic heterocycles. The number of benzene rings is 1. The van der Waals surface area contributed by atoms with Crippen molar-refractivity contribution in [1.29, 1.82) is 0 Å². The average molecular weight is 288 g/mol. The molecule has 0 aliphatic rings. The number of hydrogen-bond acceptors (Lipinski definition) is 3. The van der Waals surface area contributed by atoms with Gasteiger partial charge in [-0.1, -0.05) is 23.7 Å². The van der Waals surface area contributed by atoms with Crippen molar-refractivity contribution in [3.8, 4) is 0 Å². The predicted octanol–water partition coefficient (Wildman–Crippen LogP) is 2.67. The Balaban J connectivity index is 2.21. The molecule has 3 N–H and O–H groups in total. The predicted molar refractivity (Wildman–Crippen MR) is 77.3 cm³/mol. The van der Waals surface area contributed by atoms with Crippen LogP contribution < -0.4 is 5.73 Å². The van der Waals surface area contributed by atoms with Gasteiger partial charge in [-0.25, -0.2) is 0 Å². The van der Waals surface area contributed by atoms with E-state index in [1.807, 2.05) is 24.3 Å². The summed E-state index contributed by atoms with van der Waals surface area (Å²) in [7, 11) is 0. The molecule has 0 aliphatic carbocycles. The van der Waals surface area contributed by atoms with E-state index in [9.17, 15) is 4.79 Å². The molecule has 18 heavy (non-hydrogen) atoms. The SMILES string of the molecule is NCC(CSCCc1ccc(Cl)cc1)CC(=O)O. The zero-order valence-corrected chi connectivity index (χ0v) is 11.7. The topological polar surface area (TPSA) is 63.3 Å². The fourth-order valence-electron chi connectivity index (χ4n) is 1.55. The summed E-state index contributed by atoms with van der Waals surface area (Å²) >= 11 is 7.56. The number of carboxylic acid groups (broad SMARTS) is 1. The average Bonchev–Trinajstić information content (AvgIpc) is 2.34. The molecule has 100 valence electrons. The van der Waals surface area contributed by atoms with Crippen molar-refractivity contribution < 1.29 is 9.90 Å². The molecule has 0 aliphatic heterocycles. The largest absolute Gasteiger partial charge is 0.481 e. The molecule has 0 spiro atoms. The molecule has 5 heteroatoms. The molecule has 1 atom stereocenters. The van der Waals surface area contributed by atoms with E-state index in [2.05, 4.69) is 0 Å². The number of carboxylic acids is 1. The number of nitrogens with two attached hydrogens (primary N) is 1. The van der Waals surface area contributed by atoms with Gasteiger partial charge in [-0.2, -0.15) is 11.8 Å². The number of hydrogen-bond donors (Lipinski definition) is 2. The molecule has 0 fully saturated rings. The molecule has 0 bridgehead atoms. The number of aryl methyl sites for hydroxylation is 1. The van der Waals surface area contributed by atoms with Crippen molar-refractivity contribution in [2.24, 2.45) is 11.7 Å². The summed E-state index contributed by atoms with van der Waals surface area (Å²) in [4.78, 5) is 10.6. The first-order chi connectivity index (χ1) is 8.61. The Labute approximate surface area is 117 Å². The Morgan fingerprint density at radius 3 is 2.61 bits per heavy atom. The van der Waals surface area contributed by atoms with E-state index in [0.29, 0.717) is 6.54 Å². The fraction of sp³-hybridized carbons (Fsp3) is 0.462. The lowest BCUT2D eigenvalue weighted by Gasteiger charge is -2.11. The first kappa shape index (κ1) is 15.3. The number of thioether (sulfide) groups is 1. The molecule has 0 amide bonds. The number of halogens is 1. The van der Waals surface area contributed by atoms with Gasteiger partial charge in [-0.05, 0) is 48.1 Å². The van der Waals surface area contributed by atoms with Gasteiger partial charge in [0.05, 0.1) is 6.42 Å². The Morgan fingerprint density at radius 2 is 2.06 bits per heavy atom. The molecule has 0 radical (unpaired) electrons. The molecule has 0 heterocycles. The van der Waals surface area contributed by atoms with Crippen LogP contribution in [0.15, 0.2) is 24.3 Å². The van der Waals surface area contributed by atoms with Gasteiger partial charge in [-0.3, -0.25) is 4.79 Å². The van der Waals surface area contributed by atoms with Crippen LogP contribution >= 0.6 is 23.4 Å². The summed E-state index contributed by atoms with van der Waals surface area (Å²) in [6, 6.07) is 7.80. The van der Waals surface area contributed by atoms with Crippen LogP contribution in [0.1, 0.15) is 12.0 Å². The van der Waals surface area contributed by atoms with Crippen molar-refractivity contribution in [3.05, 3.63) is 34.9 Å². The fourth-order valence-corrected chi connectivity index (χ4v) is 2.81. The van der Waals surface area contributed by atoms with Crippen LogP contribution in [-0.4, -0.2) is 29.1 Å². The third kappa shape index (κ3) is 6.28. The highest BCUT2D eigenvalue weighted by Crippen LogP contribution is 2.15. The third-order valence-electron chi connectivity index (χ3n) is 2.60. The summed E-state index contributed by atoms with van der Waals surface area (Å²) in [5.74, 6) is 1.06. The van der Waals surface area contributed by atoms with E-state index < -0.39 is 5.97 Å². The smallest absolute Gasteiger partial charge is 0.303 e. The van der Waals surface area contributed by atoms with E-state index in [1.165, 1.54) is 5.56 Å². The zero-order chi connectivity index (χ0) is 13.4. The highest BCUT2D eigenvalue weighted by molar-refractivity contribution is 7.99. The maximum Gasteiger partial charge on any atom is 0.303 e. The van der Waals surface area contributed by atoms with Gasteiger partial charge in [0, 0.05) is 5.02 Å². The lowest BCUT2D eigenvalue weighted by Crippen LogP contribution is -2.20. The Kier molecular flexibility index (Phi) is 7.16. The molecule has 3 nitrogen and oxygen atoms in total. The Morgan fingerprint density at radius 1 is 1.39 bits per heavy atom. The molecule has 1 aromatic carbocycles. The third-order valence-corrected chi connectivity index (χ3v) is 4.05. The number of carbonyl (C=O) groups is 1. The van der Waals surface area contributed by atoms with Crippen LogP contribution in [0.3, 0.4) is 0 Å². The summed E-state index contributed by atoms with van der Waals surface area (Å²) in [6.45, 7) is 0.431. The van der Waals surface area contributed by atoms with Crippen LogP contribution in [0.25, 0.3) is 0 Å². The number of aliphatic carboxylic acids is 1. The normalized spacial score (nSPS) is 12.3. The van der Waals surface area contributed by atoms with Crippen molar-refractivity contribution >= 4 is 29.3 Å². The minimum Gasteiger partial charge on any atom is -0.481 e. The van der Waals surface area contributed by atoms with E-state index in [-0.39, 0.29) is 12.3 Å². The highest BCUT2D eigenvalue weighted by Gasteiger charge is 2.11. The van der Waals surface area contributed by atoms with Gasteiger partial charge in [-0.15, -0.1) is 0 Å². The lowest BCUT2D eigenvalue weighted by molar-refractivity contribution is -0.137. The van der Waals surface area contributed by atoms with Crippen LogP contribution in [0.4, 0.5) is 0 Å². The summed E-state index contributed by atoms with van der Waals surface area (Å²) in [6.07, 6.45) is 1.12. The van der Waals surface area contributed by atoms with E-state index >= 15 is 0 Å². The molecule has 1 aromatic rings. The second-order valence-electron chi connectivity index (χ2n) is 4.15. The molecular weight excluding hydrogens is 270 g/mol. The molecule has 0 saturated heterocycles. The van der Waals surface area contributed by atoms with Crippen LogP contribution in [0.2, 0.25) is 5.02 Å². The van der Waals surface area contributed by atoms with E-state index in [0.717, 1.165) is 22.9 Å². The molecule has 0 saturated carbocycles. The minimum absolute atomic E-state index is 0.0673. The van der Waals surface area contributed by atoms with Gasteiger partial charge >= 0.3 is 5.97 Å². The lowest BCUT2D eigenvalue weighted by atomic mass is 10.1. The maximum atomic E-state index is 10.6. The Bertz CT molecular complexity index is 370. The van der Waals surface area contributed by atoms with Gasteiger partial charge in [0.2, 0.25) is 0 Å². The second-order valence-corrected chi connectivity index (χ2v) is 5.74. The van der Waals surface area contributed by atoms with Gasteiger partial charge in [0.1, 0.15) is 0 Å². The molecular formula is C13H18ClNO2S. The second kappa shape index (κ2) is 8.40. The molecule has 1 unspecified atom stereocenters. The standard InChI is InChI=1S/C13H18ClNO2S/c14-12-3-1-10(2-4-12)5-6-18-9-11(8-15)7-13(16)17/h1-4,11H,5-9,15H2,(H,16,17). The van der Waals surface area contributed by atoms with Crippen molar-refractivity contribution in [3.63, 3.8) is 0 Å². The minimum atomic E-state index is -0.774. The zero-order valence-electron chi connectivity index (χ0n) is 10.1. The summed E-state index contributed by atoms with van der Waals surface area (Å²) in [5, 5.41) is 9.44. The maximum absolute atomic E-state index is 10.6. The Hall–Kier alpha value is -0.710. The monoisotopic (exact) mass is 287 g/mol. The van der Waals surface area contributed by atoms with Gasteiger partial charge < -0.3 is 10.8 Å².